The van der Waals surface area contributed by atoms with Gasteiger partial charge < -0.3 is 25.0 Å². The van der Waals surface area contributed by atoms with E-state index in [1.807, 2.05) is 37.3 Å². The van der Waals surface area contributed by atoms with Crippen LogP contribution in [0.2, 0.25) is 0 Å². The van der Waals surface area contributed by atoms with E-state index >= 15 is 0 Å². The van der Waals surface area contributed by atoms with Gasteiger partial charge in [-0.25, -0.2) is 0 Å². The molecule has 0 saturated carbocycles. The highest BCUT2D eigenvalue weighted by Crippen LogP contribution is 2.26. The zero-order valence-corrected chi connectivity index (χ0v) is 16.9. The first-order valence-electron chi connectivity index (χ1n) is 9.81. The van der Waals surface area contributed by atoms with E-state index in [1.165, 1.54) is 6.92 Å². The average molecular weight is 397 g/mol. The Kier molecular flexibility index (Phi) is 7.08. The van der Waals surface area contributed by atoms with Gasteiger partial charge in [0.05, 0.1) is 31.1 Å². The molecule has 0 bridgehead atoms. The second kappa shape index (κ2) is 9.93. The molecule has 2 amide bonds. The summed E-state index contributed by atoms with van der Waals surface area (Å²) in [5.41, 5.74) is 2.94. The number of nitrogens with one attached hydrogen (secondary N) is 2. The third-order valence-electron chi connectivity index (χ3n) is 4.63. The van der Waals surface area contributed by atoms with Gasteiger partial charge in [0, 0.05) is 37.8 Å². The smallest absolute Gasteiger partial charge is 0.253 e. The molecule has 2 N–H and O–H groups in total. The van der Waals surface area contributed by atoms with Gasteiger partial charge in [0.25, 0.3) is 5.91 Å². The molecule has 1 fully saturated rings. The van der Waals surface area contributed by atoms with E-state index in [0.717, 1.165) is 17.0 Å². The van der Waals surface area contributed by atoms with Gasteiger partial charge in [-0.2, -0.15) is 0 Å². The van der Waals surface area contributed by atoms with Crippen molar-refractivity contribution in [3.63, 3.8) is 0 Å². The van der Waals surface area contributed by atoms with Crippen molar-refractivity contribution in [1.82, 2.24) is 5.32 Å². The van der Waals surface area contributed by atoms with Crippen molar-refractivity contribution in [2.45, 2.75) is 20.4 Å². The van der Waals surface area contributed by atoms with Crippen molar-refractivity contribution in [2.75, 3.05) is 43.1 Å². The monoisotopic (exact) mass is 397 g/mol. The topological polar surface area (TPSA) is 79.9 Å². The highest BCUT2D eigenvalue weighted by molar-refractivity contribution is 6.01. The van der Waals surface area contributed by atoms with Crippen LogP contribution in [0.1, 0.15) is 29.8 Å². The molecule has 2 aromatic rings. The molecule has 1 heterocycles. The number of carbonyl (C=O) groups excluding carboxylic acids is 2. The Morgan fingerprint density at radius 3 is 2.62 bits per heavy atom. The quantitative estimate of drug-likeness (QED) is 0.751. The van der Waals surface area contributed by atoms with E-state index in [-0.39, 0.29) is 11.8 Å². The summed E-state index contributed by atoms with van der Waals surface area (Å²) in [7, 11) is 0. The van der Waals surface area contributed by atoms with E-state index < -0.39 is 0 Å². The van der Waals surface area contributed by atoms with Gasteiger partial charge in [-0.05, 0) is 31.2 Å². The maximum Gasteiger partial charge on any atom is 0.253 e. The summed E-state index contributed by atoms with van der Waals surface area (Å²) in [4.78, 5) is 26.5. The molecule has 0 atom stereocenters. The van der Waals surface area contributed by atoms with Gasteiger partial charge in [-0.3, -0.25) is 9.59 Å². The van der Waals surface area contributed by atoms with Crippen molar-refractivity contribution in [3.8, 4) is 5.75 Å². The fourth-order valence-corrected chi connectivity index (χ4v) is 3.29. The normalized spacial score (nSPS) is 13.7. The van der Waals surface area contributed by atoms with E-state index in [4.69, 9.17) is 9.47 Å². The van der Waals surface area contributed by atoms with Gasteiger partial charge in [-0.1, -0.05) is 18.2 Å². The standard InChI is InChI=1S/C22H27N3O4/c1-3-29-21-7-5-4-6-17(21)15-23-22(27)19-9-8-18(24-16(2)26)14-20(19)25-10-12-28-13-11-25/h4-9,14H,3,10-13,15H2,1-2H3,(H,23,27)(H,24,26). The first-order valence-corrected chi connectivity index (χ1v) is 9.81. The molecule has 1 aliphatic heterocycles. The second-order valence-electron chi connectivity index (χ2n) is 6.74. The molecule has 0 unspecified atom stereocenters. The lowest BCUT2D eigenvalue weighted by Gasteiger charge is -2.30. The minimum Gasteiger partial charge on any atom is -0.494 e. The number of hydrogen-bond donors (Lipinski definition) is 2. The first kappa shape index (κ1) is 20.7. The molecule has 0 spiro atoms. The maximum absolute atomic E-state index is 13.0. The zero-order valence-electron chi connectivity index (χ0n) is 16.9. The number of amides is 2. The Balaban J connectivity index is 1.80. The van der Waals surface area contributed by atoms with Crippen LogP contribution in [0, 0.1) is 0 Å². The van der Waals surface area contributed by atoms with Crippen molar-refractivity contribution < 1.29 is 19.1 Å². The van der Waals surface area contributed by atoms with E-state index in [1.54, 1.807) is 12.1 Å². The first-order chi connectivity index (χ1) is 14.1. The van der Waals surface area contributed by atoms with Gasteiger partial charge in [0.1, 0.15) is 5.75 Å². The molecule has 1 aliphatic rings. The number of morpholine rings is 1. The van der Waals surface area contributed by atoms with Gasteiger partial charge in [0.15, 0.2) is 0 Å². The molecule has 3 rings (SSSR count). The molecule has 0 aromatic heterocycles. The third-order valence-corrected chi connectivity index (χ3v) is 4.63. The Morgan fingerprint density at radius 1 is 1.14 bits per heavy atom. The van der Waals surface area contributed by atoms with Crippen molar-refractivity contribution in [3.05, 3.63) is 53.6 Å². The Hall–Kier alpha value is -3.06. The fourth-order valence-electron chi connectivity index (χ4n) is 3.29. The van der Waals surface area contributed by atoms with E-state index in [9.17, 15) is 9.59 Å². The van der Waals surface area contributed by atoms with Gasteiger partial charge in [-0.15, -0.1) is 0 Å². The largest absolute Gasteiger partial charge is 0.494 e. The molecule has 7 nitrogen and oxygen atoms in total. The summed E-state index contributed by atoms with van der Waals surface area (Å²) < 4.78 is 11.1. The van der Waals surface area contributed by atoms with Crippen LogP contribution in [0.5, 0.6) is 5.75 Å². The highest BCUT2D eigenvalue weighted by Gasteiger charge is 2.20. The van der Waals surface area contributed by atoms with Crippen molar-refractivity contribution >= 4 is 23.2 Å². The van der Waals surface area contributed by atoms with Crippen LogP contribution >= 0.6 is 0 Å². The Bertz CT molecular complexity index is 863. The maximum atomic E-state index is 13.0. The molecule has 0 radical (unpaired) electrons. The summed E-state index contributed by atoms with van der Waals surface area (Å²) in [6.07, 6.45) is 0. The van der Waals surface area contributed by atoms with Gasteiger partial charge in [0.2, 0.25) is 5.91 Å². The number of ether oxygens (including phenoxy) is 2. The van der Waals surface area contributed by atoms with Crippen molar-refractivity contribution in [1.29, 1.82) is 0 Å². The van der Waals surface area contributed by atoms with Crippen LogP contribution in [-0.4, -0.2) is 44.7 Å². The lowest BCUT2D eigenvalue weighted by molar-refractivity contribution is -0.114. The Morgan fingerprint density at radius 2 is 1.90 bits per heavy atom. The molecule has 2 aromatic carbocycles. The summed E-state index contributed by atoms with van der Waals surface area (Å²) in [5, 5.41) is 5.77. The molecular weight excluding hydrogens is 370 g/mol. The minimum atomic E-state index is -0.174. The molecular formula is C22H27N3O4. The summed E-state index contributed by atoms with van der Waals surface area (Å²) in [6.45, 7) is 6.92. The van der Waals surface area contributed by atoms with Crippen molar-refractivity contribution in [2.24, 2.45) is 0 Å². The fraction of sp³-hybridized carbons (Fsp3) is 0.364. The third kappa shape index (κ3) is 5.48. The number of para-hydroxylation sites is 1. The molecule has 154 valence electrons. The summed E-state index contributed by atoms with van der Waals surface area (Å²) >= 11 is 0. The van der Waals surface area contributed by atoms with Crippen LogP contribution in [-0.2, 0) is 16.1 Å². The summed E-state index contributed by atoms with van der Waals surface area (Å²) in [6, 6.07) is 13.0. The minimum absolute atomic E-state index is 0.150. The predicted octanol–water partition coefficient (Wildman–Crippen LogP) is 2.81. The SMILES string of the molecule is CCOc1ccccc1CNC(=O)c1ccc(NC(C)=O)cc1N1CCOCC1. The molecule has 29 heavy (non-hydrogen) atoms. The van der Waals surface area contributed by atoms with E-state index in [2.05, 4.69) is 15.5 Å². The predicted molar refractivity (Wildman–Crippen MR) is 113 cm³/mol. The Labute approximate surface area is 171 Å². The van der Waals surface area contributed by atoms with Crippen LogP contribution in [0.25, 0.3) is 0 Å². The lowest BCUT2D eigenvalue weighted by Crippen LogP contribution is -2.38. The molecule has 7 heteroatoms. The van der Waals surface area contributed by atoms with E-state index in [0.29, 0.717) is 50.7 Å². The lowest BCUT2D eigenvalue weighted by atomic mass is 10.1. The summed E-state index contributed by atoms with van der Waals surface area (Å²) in [5.74, 6) is 0.444. The highest BCUT2D eigenvalue weighted by atomic mass is 16.5. The molecule has 0 aliphatic carbocycles. The van der Waals surface area contributed by atoms with Crippen LogP contribution in [0.4, 0.5) is 11.4 Å². The number of nitrogens with zero attached hydrogens (tertiary/aromatic N) is 1. The number of hydrogen-bond acceptors (Lipinski definition) is 5. The number of carbonyl (C=O) groups is 2. The number of anilines is 2. The average Bonchev–Trinajstić information content (AvgIpc) is 2.73. The second-order valence-corrected chi connectivity index (χ2v) is 6.74. The number of rotatable bonds is 7. The van der Waals surface area contributed by atoms with Crippen LogP contribution < -0.4 is 20.3 Å². The molecule has 1 saturated heterocycles. The van der Waals surface area contributed by atoms with Gasteiger partial charge >= 0.3 is 0 Å². The van der Waals surface area contributed by atoms with Crippen LogP contribution in [0.15, 0.2) is 42.5 Å². The van der Waals surface area contributed by atoms with Crippen LogP contribution in [0.3, 0.4) is 0 Å². The zero-order chi connectivity index (χ0) is 20.6. The number of benzene rings is 2.